The summed E-state index contributed by atoms with van der Waals surface area (Å²) in [5, 5.41) is 1.19. The van der Waals surface area contributed by atoms with Crippen LogP contribution in [0.2, 0.25) is 0 Å². The summed E-state index contributed by atoms with van der Waals surface area (Å²) in [4.78, 5) is 8.43. The van der Waals surface area contributed by atoms with Crippen molar-refractivity contribution in [3.8, 4) is 0 Å². The van der Waals surface area contributed by atoms with E-state index in [0.29, 0.717) is 0 Å². The Kier molecular flexibility index (Phi) is 1.38. The smallest absolute Gasteiger partial charge is 0.126 e. The predicted octanol–water partition coefficient (Wildman–Crippen LogP) is 1.43. The molecule has 0 aliphatic carbocycles. The quantitative estimate of drug-likeness (QED) is 0.526. The molecule has 1 aliphatic heterocycles. The molecule has 0 aromatic carbocycles. The topological polar surface area (TPSA) is 25.8 Å². The Bertz CT molecular complexity index is 260. The van der Waals surface area contributed by atoms with Crippen molar-refractivity contribution in [1.29, 1.82) is 0 Å². The molecule has 0 unspecified atom stereocenters. The highest BCUT2D eigenvalue weighted by molar-refractivity contribution is 7.99. The van der Waals surface area contributed by atoms with Gasteiger partial charge in [-0.1, -0.05) is 0 Å². The van der Waals surface area contributed by atoms with Crippen molar-refractivity contribution in [3.63, 3.8) is 0 Å². The molecule has 0 bridgehead atoms. The number of hydrogen-bond donors (Lipinski definition) is 0. The van der Waals surface area contributed by atoms with Crippen molar-refractivity contribution in [2.24, 2.45) is 0 Å². The highest BCUT2D eigenvalue weighted by Gasteiger charge is 2.12. The van der Waals surface area contributed by atoms with E-state index in [4.69, 9.17) is 0 Å². The Labute approximate surface area is 64.1 Å². The molecule has 0 N–H and O–H groups in total. The van der Waals surface area contributed by atoms with Gasteiger partial charge in [0.05, 0.1) is 0 Å². The third-order valence-corrected chi connectivity index (χ3v) is 2.59. The van der Waals surface area contributed by atoms with Crippen LogP contribution in [0.5, 0.6) is 0 Å². The molecule has 0 radical (unpaired) electrons. The largest absolute Gasteiger partial charge is 0.241 e. The maximum absolute atomic E-state index is 4.31. The molecule has 10 heavy (non-hydrogen) atoms. The molecule has 52 valence electrons. The molecule has 2 rings (SSSR count). The van der Waals surface area contributed by atoms with E-state index in [1.165, 1.54) is 16.3 Å². The van der Waals surface area contributed by atoms with Crippen LogP contribution in [0.15, 0.2) is 11.2 Å². The van der Waals surface area contributed by atoms with Gasteiger partial charge in [0.2, 0.25) is 0 Å². The van der Waals surface area contributed by atoms with Gasteiger partial charge in [-0.25, -0.2) is 9.97 Å². The molecule has 0 fully saturated rings. The summed E-state index contributed by atoms with van der Waals surface area (Å²) >= 11 is 1.83. The lowest BCUT2D eigenvalue weighted by molar-refractivity contribution is 0.927. The number of thioether (sulfide) groups is 1. The maximum Gasteiger partial charge on any atom is 0.126 e. The molecular formula is C7H8N2S. The fraction of sp³-hybridized carbons (Fsp3) is 0.429. The molecule has 0 saturated carbocycles. The molecule has 0 atom stereocenters. The van der Waals surface area contributed by atoms with Crippen LogP contribution in [-0.2, 0) is 6.42 Å². The zero-order valence-corrected chi connectivity index (χ0v) is 6.61. The van der Waals surface area contributed by atoms with Crippen LogP contribution in [0, 0.1) is 6.92 Å². The van der Waals surface area contributed by atoms with E-state index in [9.17, 15) is 0 Å². The monoisotopic (exact) mass is 152 g/mol. The van der Waals surface area contributed by atoms with Crippen LogP contribution < -0.4 is 0 Å². The van der Waals surface area contributed by atoms with Crippen LogP contribution in [0.1, 0.15) is 11.4 Å². The van der Waals surface area contributed by atoms with E-state index in [0.717, 1.165) is 12.2 Å². The third kappa shape index (κ3) is 0.904. The first-order valence-corrected chi connectivity index (χ1v) is 4.30. The van der Waals surface area contributed by atoms with Gasteiger partial charge in [0.15, 0.2) is 0 Å². The van der Waals surface area contributed by atoms with Crippen molar-refractivity contribution in [2.45, 2.75) is 18.4 Å². The number of nitrogens with zero attached hydrogens (tertiary/aromatic N) is 2. The molecule has 2 heterocycles. The van der Waals surface area contributed by atoms with Gasteiger partial charge < -0.3 is 0 Å². The van der Waals surface area contributed by atoms with Gasteiger partial charge in [-0.15, -0.1) is 11.8 Å². The van der Waals surface area contributed by atoms with Gasteiger partial charge >= 0.3 is 0 Å². The molecule has 0 amide bonds. The fourth-order valence-corrected chi connectivity index (χ4v) is 2.08. The predicted molar refractivity (Wildman–Crippen MR) is 41.2 cm³/mol. The molecule has 3 heteroatoms. The van der Waals surface area contributed by atoms with Crippen LogP contribution in [0.4, 0.5) is 0 Å². The second-order valence-corrected chi connectivity index (χ2v) is 3.43. The standard InChI is InChI=1S/C7H8N2S/c1-5-8-4-6-2-3-10-7(6)9-5/h4H,2-3H2,1H3. The summed E-state index contributed by atoms with van der Waals surface area (Å²) in [6.07, 6.45) is 3.08. The minimum atomic E-state index is 0.883. The summed E-state index contributed by atoms with van der Waals surface area (Å²) in [6, 6.07) is 0. The molecular weight excluding hydrogens is 144 g/mol. The van der Waals surface area contributed by atoms with E-state index in [1.807, 2.05) is 24.9 Å². The summed E-state index contributed by atoms with van der Waals surface area (Å²) in [5.41, 5.74) is 1.32. The second kappa shape index (κ2) is 2.23. The van der Waals surface area contributed by atoms with Crippen molar-refractivity contribution in [3.05, 3.63) is 17.6 Å². The molecule has 0 spiro atoms. The summed E-state index contributed by atoms with van der Waals surface area (Å²) < 4.78 is 0. The average molecular weight is 152 g/mol. The normalized spacial score (nSPS) is 15.3. The molecule has 1 aromatic heterocycles. The Hall–Kier alpha value is -0.570. The lowest BCUT2D eigenvalue weighted by Crippen LogP contribution is -1.90. The zero-order valence-electron chi connectivity index (χ0n) is 5.79. The Morgan fingerprint density at radius 1 is 1.60 bits per heavy atom. The maximum atomic E-state index is 4.31. The van der Waals surface area contributed by atoms with Crippen LogP contribution in [0.3, 0.4) is 0 Å². The van der Waals surface area contributed by atoms with Gasteiger partial charge in [0, 0.05) is 17.5 Å². The first-order chi connectivity index (χ1) is 4.86. The number of aryl methyl sites for hydroxylation is 2. The molecule has 1 aliphatic rings. The minimum Gasteiger partial charge on any atom is -0.241 e. The van der Waals surface area contributed by atoms with E-state index in [1.54, 1.807) is 0 Å². The number of rotatable bonds is 0. The van der Waals surface area contributed by atoms with E-state index >= 15 is 0 Å². The lowest BCUT2D eigenvalue weighted by Gasteiger charge is -1.95. The van der Waals surface area contributed by atoms with E-state index in [2.05, 4.69) is 9.97 Å². The lowest BCUT2D eigenvalue weighted by atomic mass is 10.3. The number of hydrogen-bond acceptors (Lipinski definition) is 3. The van der Waals surface area contributed by atoms with Gasteiger partial charge in [-0.05, 0) is 13.3 Å². The SMILES string of the molecule is Cc1ncc2c(n1)SCC2. The number of fused-ring (bicyclic) bond motifs is 1. The van der Waals surface area contributed by atoms with Crippen molar-refractivity contribution in [1.82, 2.24) is 9.97 Å². The second-order valence-electron chi connectivity index (χ2n) is 2.35. The zero-order chi connectivity index (χ0) is 6.97. The fourth-order valence-electron chi connectivity index (χ4n) is 1.03. The molecule has 2 nitrogen and oxygen atoms in total. The Balaban J connectivity index is 2.52. The van der Waals surface area contributed by atoms with Crippen LogP contribution in [0.25, 0.3) is 0 Å². The highest BCUT2D eigenvalue weighted by Crippen LogP contribution is 2.27. The highest BCUT2D eigenvalue weighted by atomic mass is 32.2. The Morgan fingerprint density at radius 2 is 2.50 bits per heavy atom. The van der Waals surface area contributed by atoms with Crippen LogP contribution in [-0.4, -0.2) is 15.7 Å². The van der Waals surface area contributed by atoms with Crippen molar-refractivity contribution in [2.75, 3.05) is 5.75 Å². The Morgan fingerprint density at radius 3 is 3.40 bits per heavy atom. The molecule has 1 aromatic rings. The van der Waals surface area contributed by atoms with Gasteiger partial charge in [-0.3, -0.25) is 0 Å². The van der Waals surface area contributed by atoms with Gasteiger partial charge in [0.1, 0.15) is 10.9 Å². The first kappa shape index (κ1) is 6.16. The van der Waals surface area contributed by atoms with Crippen molar-refractivity contribution >= 4 is 11.8 Å². The summed E-state index contributed by atoms with van der Waals surface area (Å²) in [6.45, 7) is 1.93. The third-order valence-electron chi connectivity index (χ3n) is 1.56. The number of aromatic nitrogens is 2. The van der Waals surface area contributed by atoms with Crippen LogP contribution >= 0.6 is 11.8 Å². The van der Waals surface area contributed by atoms with Gasteiger partial charge in [0.25, 0.3) is 0 Å². The first-order valence-electron chi connectivity index (χ1n) is 3.31. The van der Waals surface area contributed by atoms with Crippen molar-refractivity contribution < 1.29 is 0 Å². The van der Waals surface area contributed by atoms with Gasteiger partial charge in [-0.2, -0.15) is 0 Å². The average Bonchev–Trinajstić information content (AvgIpc) is 2.33. The summed E-state index contributed by atoms with van der Waals surface area (Å²) in [5.74, 6) is 2.06. The summed E-state index contributed by atoms with van der Waals surface area (Å²) in [7, 11) is 0. The molecule has 0 saturated heterocycles. The van der Waals surface area contributed by atoms with E-state index < -0.39 is 0 Å². The van der Waals surface area contributed by atoms with E-state index in [-0.39, 0.29) is 0 Å². The minimum absolute atomic E-state index is 0.883.